The van der Waals surface area contributed by atoms with Crippen LogP contribution in [0.2, 0.25) is 0 Å². The van der Waals surface area contributed by atoms with E-state index in [0.29, 0.717) is 23.3 Å². The van der Waals surface area contributed by atoms with Gasteiger partial charge in [0.2, 0.25) is 0 Å². The van der Waals surface area contributed by atoms with Crippen molar-refractivity contribution in [1.82, 2.24) is 0 Å². The molecular weight excluding hydrogens is 254 g/mol. The van der Waals surface area contributed by atoms with Crippen LogP contribution in [-0.2, 0) is 0 Å². The molecule has 0 spiro atoms. The fraction of sp³-hybridized carbons (Fsp3) is 0.417. The van der Waals surface area contributed by atoms with E-state index in [4.69, 9.17) is 10.00 Å². The lowest BCUT2D eigenvalue weighted by molar-refractivity contribution is 0.250. The number of nitrogens with zero attached hydrogens (tertiary/aromatic N) is 1. The van der Waals surface area contributed by atoms with Crippen LogP contribution in [0.3, 0.4) is 0 Å². The van der Waals surface area contributed by atoms with Gasteiger partial charge in [0.1, 0.15) is 11.8 Å². The minimum Gasteiger partial charge on any atom is -0.492 e. The van der Waals surface area contributed by atoms with Gasteiger partial charge in [-0.05, 0) is 25.0 Å². The number of rotatable bonds is 4. The fourth-order valence-corrected chi connectivity index (χ4v) is 2.13. The summed E-state index contributed by atoms with van der Waals surface area (Å²) in [4.78, 5) is 0. The summed E-state index contributed by atoms with van der Waals surface area (Å²) >= 11 is 3.50. The zero-order valence-corrected chi connectivity index (χ0v) is 9.96. The average Bonchev–Trinajstić information content (AvgIpc) is 3.07. The maximum atomic E-state index is 8.88. The van der Waals surface area contributed by atoms with Gasteiger partial charge >= 0.3 is 0 Å². The van der Waals surface area contributed by atoms with Crippen molar-refractivity contribution in [3.8, 4) is 11.8 Å². The number of ether oxygens (including phenoxy) is 1. The van der Waals surface area contributed by atoms with Gasteiger partial charge in [-0.25, -0.2) is 0 Å². The minimum absolute atomic E-state index is 0.322. The number of nitriles is 1. The van der Waals surface area contributed by atoms with E-state index in [1.54, 1.807) is 6.07 Å². The topological polar surface area (TPSA) is 33.0 Å². The molecule has 0 atom stereocenters. The number of alkyl halides is 1. The van der Waals surface area contributed by atoms with Gasteiger partial charge < -0.3 is 4.74 Å². The first-order chi connectivity index (χ1) is 7.29. The van der Waals surface area contributed by atoms with E-state index in [2.05, 4.69) is 22.0 Å². The molecule has 1 aliphatic rings. The second-order valence-corrected chi connectivity index (χ2v) is 4.59. The third-order valence-corrected chi connectivity index (χ3v) is 3.97. The van der Waals surface area contributed by atoms with Crippen molar-refractivity contribution in [1.29, 1.82) is 5.26 Å². The van der Waals surface area contributed by atoms with Crippen LogP contribution >= 0.6 is 15.9 Å². The Morgan fingerprint density at radius 2 is 2.13 bits per heavy atom. The second-order valence-electron chi connectivity index (χ2n) is 4.03. The lowest BCUT2D eigenvalue weighted by atomic mass is 10.1. The molecule has 15 heavy (non-hydrogen) atoms. The van der Waals surface area contributed by atoms with Crippen LogP contribution in [-0.4, -0.2) is 11.9 Å². The van der Waals surface area contributed by atoms with Gasteiger partial charge in [-0.3, -0.25) is 0 Å². The summed E-state index contributed by atoms with van der Waals surface area (Å²) in [7, 11) is 0. The lowest BCUT2D eigenvalue weighted by Gasteiger charge is -2.13. The van der Waals surface area contributed by atoms with E-state index in [9.17, 15) is 0 Å². The first-order valence-corrected chi connectivity index (χ1v) is 6.10. The molecule has 0 aromatic heterocycles. The van der Waals surface area contributed by atoms with Crippen molar-refractivity contribution in [3.05, 3.63) is 29.8 Å². The summed E-state index contributed by atoms with van der Waals surface area (Å²) in [6.07, 6.45) is 2.43. The molecule has 1 fully saturated rings. The third-order valence-electron chi connectivity index (χ3n) is 2.78. The molecule has 0 heterocycles. The van der Waals surface area contributed by atoms with Crippen LogP contribution in [0.1, 0.15) is 18.4 Å². The highest BCUT2D eigenvalue weighted by molar-refractivity contribution is 9.09. The molecule has 0 aliphatic heterocycles. The molecule has 0 saturated heterocycles. The molecular formula is C12H12BrNO. The summed E-state index contributed by atoms with van der Waals surface area (Å²) in [6.45, 7) is 0.705. The van der Waals surface area contributed by atoms with Gasteiger partial charge in [0, 0.05) is 10.7 Å². The smallest absolute Gasteiger partial charge is 0.137 e. The van der Waals surface area contributed by atoms with Gasteiger partial charge in [-0.2, -0.15) is 5.26 Å². The highest BCUT2D eigenvalue weighted by Gasteiger charge is 2.42. The van der Waals surface area contributed by atoms with Crippen LogP contribution in [0.4, 0.5) is 0 Å². The van der Waals surface area contributed by atoms with Crippen LogP contribution < -0.4 is 4.74 Å². The van der Waals surface area contributed by atoms with Crippen molar-refractivity contribution in [2.45, 2.75) is 12.8 Å². The normalized spacial score (nSPS) is 16.8. The van der Waals surface area contributed by atoms with Crippen LogP contribution in [0, 0.1) is 16.7 Å². The monoisotopic (exact) mass is 265 g/mol. The molecule has 0 unspecified atom stereocenters. The molecule has 2 nitrogen and oxygen atoms in total. The number of para-hydroxylation sites is 1. The van der Waals surface area contributed by atoms with Crippen molar-refractivity contribution in [2.75, 3.05) is 11.9 Å². The Kier molecular flexibility index (Phi) is 2.97. The van der Waals surface area contributed by atoms with E-state index in [1.807, 2.05) is 18.2 Å². The van der Waals surface area contributed by atoms with E-state index < -0.39 is 0 Å². The molecule has 2 rings (SSSR count). The molecule has 0 amide bonds. The Balaban J connectivity index is 2.02. The van der Waals surface area contributed by atoms with E-state index in [-0.39, 0.29) is 0 Å². The molecule has 0 radical (unpaired) electrons. The maximum Gasteiger partial charge on any atom is 0.137 e. The van der Waals surface area contributed by atoms with Crippen LogP contribution in [0.15, 0.2) is 24.3 Å². The average molecular weight is 266 g/mol. The predicted molar refractivity (Wildman–Crippen MR) is 62.1 cm³/mol. The summed E-state index contributed by atoms with van der Waals surface area (Å²) in [5.74, 6) is 0.701. The Labute approximate surface area is 98.0 Å². The molecule has 1 saturated carbocycles. The van der Waals surface area contributed by atoms with Crippen molar-refractivity contribution >= 4 is 15.9 Å². The van der Waals surface area contributed by atoms with Crippen LogP contribution in [0.25, 0.3) is 0 Å². The Morgan fingerprint density at radius 1 is 1.40 bits per heavy atom. The second kappa shape index (κ2) is 4.24. The van der Waals surface area contributed by atoms with E-state index in [0.717, 1.165) is 5.33 Å². The highest BCUT2D eigenvalue weighted by atomic mass is 79.9. The van der Waals surface area contributed by atoms with E-state index >= 15 is 0 Å². The molecule has 0 N–H and O–H groups in total. The largest absolute Gasteiger partial charge is 0.492 e. The van der Waals surface area contributed by atoms with Crippen molar-refractivity contribution < 1.29 is 4.74 Å². The van der Waals surface area contributed by atoms with Crippen molar-refractivity contribution in [3.63, 3.8) is 0 Å². The minimum atomic E-state index is 0.322. The van der Waals surface area contributed by atoms with Gasteiger partial charge in [0.15, 0.2) is 0 Å². The predicted octanol–water partition coefficient (Wildman–Crippen LogP) is 3.11. The first-order valence-electron chi connectivity index (χ1n) is 4.98. The summed E-state index contributed by atoms with van der Waals surface area (Å²) in [5, 5.41) is 9.86. The molecule has 3 heteroatoms. The summed E-state index contributed by atoms with van der Waals surface area (Å²) in [6, 6.07) is 9.51. The zero-order chi connectivity index (χ0) is 10.7. The Bertz CT molecular complexity index is 393. The maximum absolute atomic E-state index is 8.88. The summed E-state index contributed by atoms with van der Waals surface area (Å²) in [5.41, 5.74) is 0.936. The van der Waals surface area contributed by atoms with E-state index in [1.165, 1.54) is 12.8 Å². The molecule has 78 valence electrons. The standard InChI is InChI=1S/C12H12BrNO/c13-8-12(5-6-12)9-15-11-4-2-1-3-10(11)7-14/h1-4H,5-6,8-9H2. The summed E-state index contributed by atoms with van der Waals surface area (Å²) < 4.78 is 5.69. The highest BCUT2D eigenvalue weighted by Crippen LogP contribution is 2.47. The quantitative estimate of drug-likeness (QED) is 0.784. The number of hydrogen-bond donors (Lipinski definition) is 0. The van der Waals surface area contributed by atoms with Gasteiger partial charge in [0.05, 0.1) is 12.2 Å². The van der Waals surface area contributed by atoms with Crippen molar-refractivity contribution in [2.24, 2.45) is 5.41 Å². The van der Waals surface area contributed by atoms with Gasteiger partial charge in [-0.1, -0.05) is 28.1 Å². The lowest BCUT2D eigenvalue weighted by Crippen LogP contribution is -2.14. The number of hydrogen-bond acceptors (Lipinski definition) is 2. The molecule has 0 bridgehead atoms. The van der Waals surface area contributed by atoms with Crippen LogP contribution in [0.5, 0.6) is 5.75 Å². The molecule has 1 aliphatic carbocycles. The Hall–Kier alpha value is -1.01. The SMILES string of the molecule is N#Cc1ccccc1OCC1(CBr)CC1. The van der Waals surface area contributed by atoms with Gasteiger partial charge in [-0.15, -0.1) is 0 Å². The zero-order valence-electron chi connectivity index (χ0n) is 8.37. The number of benzene rings is 1. The first kappa shape index (κ1) is 10.5. The molecule has 1 aromatic carbocycles. The van der Waals surface area contributed by atoms with Gasteiger partial charge in [0.25, 0.3) is 0 Å². The molecule has 1 aromatic rings. The Morgan fingerprint density at radius 3 is 2.73 bits per heavy atom. The number of halogens is 1. The third kappa shape index (κ3) is 2.32. The fourth-order valence-electron chi connectivity index (χ4n) is 1.41.